The predicted octanol–water partition coefficient (Wildman–Crippen LogP) is 1.99. The van der Waals surface area contributed by atoms with E-state index in [-0.39, 0.29) is 5.03 Å². The lowest BCUT2D eigenvalue weighted by molar-refractivity contribution is -0.142. The Morgan fingerprint density at radius 1 is 1.38 bits per heavy atom. The van der Waals surface area contributed by atoms with Gasteiger partial charge in [-0.3, -0.25) is 9.67 Å². The molecule has 2 aliphatic rings. The van der Waals surface area contributed by atoms with Crippen molar-refractivity contribution < 1.29 is 22.5 Å². The van der Waals surface area contributed by atoms with Crippen LogP contribution in [0.3, 0.4) is 0 Å². The summed E-state index contributed by atoms with van der Waals surface area (Å²) in [5.41, 5.74) is 4.34. The Hall–Kier alpha value is -2.44. The van der Waals surface area contributed by atoms with Crippen molar-refractivity contribution in [2.24, 2.45) is 9.50 Å². The normalized spacial score (nSPS) is 18.2. The topological polar surface area (TPSA) is 118 Å². The van der Waals surface area contributed by atoms with Gasteiger partial charge in [0.2, 0.25) is 6.35 Å². The fourth-order valence-corrected chi connectivity index (χ4v) is 4.50. The Labute approximate surface area is 164 Å². The molecule has 0 fully saturated rings. The average Bonchev–Trinajstić information content (AvgIpc) is 3.31. The Balaban J connectivity index is 1.60. The highest BCUT2D eigenvalue weighted by molar-refractivity contribution is 7.91. The number of hydrogen-bond donors (Lipinski definition) is 3. The number of pyridine rings is 1. The van der Waals surface area contributed by atoms with E-state index in [1.54, 1.807) is 0 Å². The summed E-state index contributed by atoms with van der Waals surface area (Å²) in [5, 5.41) is 22.1. The van der Waals surface area contributed by atoms with Gasteiger partial charge in [-0.25, -0.2) is 9.35 Å². The van der Waals surface area contributed by atoms with E-state index in [1.807, 2.05) is 12.2 Å². The highest BCUT2D eigenvalue weighted by atomic mass is 32.2. The number of aryl methyl sites for hydroxylation is 1. The van der Waals surface area contributed by atoms with Crippen molar-refractivity contribution in [2.45, 2.75) is 49.8 Å². The van der Waals surface area contributed by atoms with Crippen LogP contribution in [0.4, 0.5) is 18.9 Å². The smallest absolute Gasteiger partial charge is 0.355 e. The number of nitrogens with two attached hydrogens (primary N) is 1. The van der Waals surface area contributed by atoms with Crippen LogP contribution in [-0.4, -0.2) is 36.6 Å². The van der Waals surface area contributed by atoms with Crippen LogP contribution in [0.2, 0.25) is 0 Å². The lowest BCUT2D eigenvalue weighted by atomic mass is 10.1. The second-order valence-electron chi connectivity index (χ2n) is 6.89. The molecule has 0 saturated heterocycles. The number of nitrogens with one attached hydrogen (secondary N) is 1. The monoisotopic (exact) mass is 428 g/mol. The van der Waals surface area contributed by atoms with Gasteiger partial charge in [0.1, 0.15) is 6.54 Å². The van der Waals surface area contributed by atoms with E-state index in [1.165, 1.54) is 0 Å². The van der Waals surface area contributed by atoms with Gasteiger partial charge in [0, 0.05) is 23.9 Å². The van der Waals surface area contributed by atoms with Gasteiger partial charge in [-0.05, 0) is 30.9 Å². The molecule has 2 aromatic rings. The third-order valence-electron chi connectivity index (χ3n) is 4.72. The van der Waals surface area contributed by atoms with Gasteiger partial charge in [0.05, 0.1) is 11.4 Å². The van der Waals surface area contributed by atoms with E-state index in [0.717, 1.165) is 54.0 Å². The third kappa shape index (κ3) is 4.14. The molecule has 0 bridgehead atoms. The fourth-order valence-electron chi connectivity index (χ4n) is 3.57. The molecule has 0 radical (unpaired) electrons. The van der Waals surface area contributed by atoms with Crippen molar-refractivity contribution in [3.63, 3.8) is 0 Å². The molecular formula is C17H19F3N6O2S. The molecular weight excluding hydrogens is 409 g/mol. The molecule has 0 saturated carbocycles. The number of aliphatic hydroxyl groups excluding tert-OH is 1. The highest BCUT2D eigenvalue weighted by Gasteiger charge is 2.29. The molecule has 2 aliphatic carbocycles. The number of anilines is 1. The molecule has 0 spiro atoms. The standard InChI is InChI=1S/C17H19F3N6O2S/c18-17(19,20)9-26-8-7-14(24-26)29(21,28)25-16(27)23-15-10-3-1-5-12(10)22-13-6-2-4-11(13)15/h1,3,7-8,16,27H,2,4-6,9H2,(H,22,23)(H2,21,25,28). The molecule has 4 N–H and O–H groups in total. The van der Waals surface area contributed by atoms with Crippen LogP contribution < -0.4 is 10.5 Å². The first kappa shape index (κ1) is 19.9. The Morgan fingerprint density at radius 2 is 2.17 bits per heavy atom. The minimum atomic E-state index is -4.48. The first-order valence-corrected chi connectivity index (χ1v) is 10.5. The number of halogens is 3. The Kier molecular flexibility index (Phi) is 4.87. The van der Waals surface area contributed by atoms with Crippen molar-refractivity contribution in [2.75, 3.05) is 5.32 Å². The zero-order valence-corrected chi connectivity index (χ0v) is 16.0. The van der Waals surface area contributed by atoms with Crippen LogP contribution >= 0.6 is 0 Å². The van der Waals surface area contributed by atoms with Crippen LogP contribution in [0.5, 0.6) is 0 Å². The van der Waals surface area contributed by atoms with Gasteiger partial charge in [-0.15, -0.1) is 0 Å². The quantitative estimate of drug-likeness (QED) is 0.630. The lowest BCUT2D eigenvalue weighted by Crippen LogP contribution is -2.24. The van der Waals surface area contributed by atoms with E-state index in [2.05, 4.69) is 19.8 Å². The van der Waals surface area contributed by atoms with Crippen molar-refractivity contribution >= 4 is 21.7 Å². The van der Waals surface area contributed by atoms with Crippen LogP contribution in [-0.2, 0) is 35.7 Å². The Morgan fingerprint density at radius 3 is 2.93 bits per heavy atom. The van der Waals surface area contributed by atoms with Crippen molar-refractivity contribution in [3.05, 3.63) is 40.9 Å². The van der Waals surface area contributed by atoms with Crippen molar-refractivity contribution in [3.8, 4) is 0 Å². The highest BCUT2D eigenvalue weighted by Crippen LogP contribution is 2.36. The van der Waals surface area contributed by atoms with E-state index in [0.29, 0.717) is 16.8 Å². The summed E-state index contributed by atoms with van der Waals surface area (Å²) in [4.78, 5) is 4.66. The molecule has 2 unspecified atom stereocenters. The Bertz CT molecular complexity index is 1100. The molecule has 4 rings (SSSR count). The number of fused-ring (bicyclic) bond motifs is 2. The van der Waals surface area contributed by atoms with Crippen LogP contribution in [0, 0.1) is 0 Å². The first-order valence-electron chi connectivity index (χ1n) is 8.92. The van der Waals surface area contributed by atoms with Gasteiger partial charge in [-0.1, -0.05) is 12.2 Å². The maximum Gasteiger partial charge on any atom is 0.408 e. The molecule has 0 amide bonds. The van der Waals surface area contributed by atoms with Crippen LogP contribution in [0.25, 0.3) is 6.08 Å². The number of hydrogen-bond acceptors (Lipinski definition) is 6. The number of alkyl halides is 3. The zero-order chi connectivity index (χ0) is 20.8. The van der Waals surface area contributed by atoms with Gasteiger partial charge in [0.15, 0.2) is 14.9 Å². The molecule has 0 aromatic carbocycles. The maximum absolute atomic E-state index is 12.7. The molecule has 2 atom stereocenters. The molecule has 8 nitrogen and oxygen atoms in total. The fraction of sp³-hybridized carbons (Fsp3) is 0.412. The van der Waals surface area contributed by atoms with Gasteiger partial charge >= 0.3 is 6.18 Å². The van der Waals surface area contributed by atoms with E-state index >= 15 is 0 Å². The minimum absolute atomic E-state index is 0.340. The molecule has 0 aliphatic heterocycles. The minimum Gasteiger partial charge on any atom is -0.355 e. The lowest BCUT2D eigenvalue weighted by Gasteiger charge is -2.18. The second kappa shape index (κ2) is 7.11. The summed E-state index contributed by atoms with van der Waals surface area (Å²) in [6.07, 6.45) is 2.02. The summed E-state index contributed by atoms with van der Waals surface area (Å²) < 4.78 is 54.3. The summed E-state index contributed by atoms with van der Waals surface area (Å²) in [6, 6.07) is 1.09. The maximum atomic E-state index is 12.7. The summed E-state index contributed by atoms with van der Waals surface area (Å²) in [5.74, 6) is 0. The summed E-state index contributed by atoms with van der Waals surface area (Å²) in [6.45, 7) is -1.34. The van der Waals surface area contributed by atoms with Gasteiger partial charge < -0.3 is 10.4 Å². The number of aromatic nitrogens is 3. The molecule has 2 aromatic heterocycles. The third-order valence-corrected chi connectivity index (χ3v) is 6.05. The van der Waals surface area contributed by atoms with E-state index < -0.39 is 29.0 Å². The number of rotatable bonds is 5. The first-order chi connectivity index (χ1) is 13.6. The number of nitrogens with zero attached hydrogens (tertiary/aromatic N) is 4. The SMILES string of the molecule is NS(=O)(=NC(O)Nc1c2c(nc3c1CCC3)CC=C2)c1ccn(CC(F)(F)F)n1. The summed E-state index contributed by atoms with van der Waals surface area (Å²) in [7, 11) is -3.71. The molecule has 29 heavy (non-hydrogen) atoms. The van der Waals surface area contributed by atoms with Crippen LogP contribution in [0.15, 0.2) is 27.7 Å². The van der Waals surface area contributed by atoms with E-state index in [9.17, 15) is 22.5 Å². The molecule has 156 valence electrons. The van der Waals surface area contributed by atoms with Crippen molar-refractivity contribution in [1.82, 2.24) is 14.8 Å². The van der Waals surface area contributed by atoms with Crippen molar-refractivity contribution in [1.29, 1.82) is 0 Å². The number of allylic oxidation sites excluding steroid dienone is 1. The van der Waals surface area contributed by atoms with Gasteiger partial charge in [-0.2, -0.15) is 22.6 Å². The van der Waals surface area contributed by atoms with Gasteiger partial charge in [0.25, 0.3) is 0 Å². The molecule has 12 heteroatoms. The second-order valence-corrected chi connectivity index (χ2v) is 8.66. The zero-order valence-electron chi connectivity index (χ0n) is 15.2. The number of aliphatic hydroxyl groups is 1. The molecule has 2 heterocycles. The summed E-state index contributed by atoms with van der Waals surface area (Å²) >= 11 is 0. The largest absolute Gasteiger partial charge is 0.408 e. The average molecular weight is 428 g/mol. The van der Waals surface area contributed by atoms with Crippen LogP contribution in [0.1, 0.15) is 28.9 Å². The van der Waals surface area contributed by atoms with E-state index in [4.69, 9.17) is 5.14 Å². The predicted molar refractivity (Wildman–Crippen MR) is 99.9 cm³/mol.